The number of carbonyl (C=O) groups excluding carboxylic acids is 1. The van der Waals surface area contributed by atoms with Gasteiger partial charge < -0.3 is 9.47 Å². The minimum atomic E-state index is -0.516. The highest BCUT2D eigenvalue weighted by atomic mass is 16.5. The van der Waals surface area contributed by atoms with Crippen molar-refractivity contribution in [2.24, 2.45) is 0 Å². The van der Waals surface area contributed by atoms with Gasteiger partial charge in [-0.25, -0.2) is 0 Å². The second kappa shape index (κ2) is 6.63. The predicted octanol–water partition coefficient (Wildman–Crippen LogP) is 1.56. The first-order chi connectivity index (χ1) is 9.86. The highest BCUT2D eigenvalue weighted by Gasteiger charge is 2.48. The van der Waals surface area contributed by atoms with Crippen molar-refractivity contribution in [1.29, 1.82) is 0 Å². The van der Waals surface area contributed by atoms with Crippen LogP contribution in [-0.4, -0.2) is 60.9 Å². The Hall–Kier alpha value is -0.650. The number of carbonyl (C=O) groups is 1. The lowest BCUT2D eigenvalue weighted by atomic mass is 9.95. The Labute approximate surface area is 128 Å². The Morgan fingerprint density at radius 1 is 1.33 bits per heavy atom. The minimum absolute atomic E-state index is 0.118. The number of ether oxygens (including phenoxy) is 2. The highest BCUT2D eigenvalue weighted by molar-refractivity contribution is 5.81. The zero-order valence-electron chi connectivity index (χ0n) is 14.0. The van der Waals surface area contributed by atoms with Crippen molar-refractivity contribution in [2.75, 3.05) is 20.2 Å². The Morgan fingerprint density at radius 2 is 1.95 bits per heavy atom. The van der Waals surface area contributed by atoms with Crippen molar-refractivity contribution < 1.29 is 14.3 Å². The fraction of sp³-hybridized carbons (Fsp3) is 0.938. The summed E-state index contributed by atoms with van der Waals surface area (Å²) in [4.78, 5) is 14.8. The van der Waals surface area contributed by atoms with Gasteiger partial charge in [0, 0.05) is 25.2 Å². The van der Waals surface area contributed by atoms with E-state index in [0.29, 0.717) is 6.04 Å². The number of nitrogens with zero attached hydrogens (tertiary/aromatic N) is 1. The van der Waals surface area contributed by atoms with Crippen LogP contribution in [-0.2, 0) is 14.3 Å². The lowest BCUT2D eigenvalue weighted by Gasteiger charge is -2.39. The molecule has 1 saturated carbocycles. The lowest BCUT2D eigenvalue weighted by molar-refractivity contribution is -0.149. The molecule has 1 saturated heterocycles. The Balaban J connectivity index is 2.07. The van der Waals surface area contributed by atoms with Gasteiger partial charge >= 0.3 is 5.97 Å². The van der Waals surface area contributed by atoms with E-state index in [4.69, 9.17) is 9.47 Å². The summed E-state index contributed by atoms with van der Waals surface area (Å²) in [6.45, 7) is 10.3. The summed E-state index contributed by atoms with van der Waals surface area (Å²) >= 11 is 0. The van der Waals surface area contributed by atoms with Gasteiger partial charge in [0.15, 0.2) is 0 Å². The summed E-state index contributed by atoms with van der Waals surface area (Å²) in [5.41, 5.74) is -0.516. The Kier molecular flexibility index (Phi) is 5.28. The average Bonchev–Trinajstić information content (AvgIpc) is 2.81. The maximum absolute atomic E-state index is 12.3. The molecule has 21 heavy (non-hydrogen) atoms. The van der Waals surface area contributed by atoms with Crippen LogP contribution in [0.3, 0.4) is 0 Å². The first-order valence-corrected chi connectivity index (χ1v) is 8.12. The zero-order valence-corrected chi connectivity index (χ0v) is 14.0. The third kappa shape index (κ3) is 3.76. The van der Waals surface area contributed by atoms with Gasteiger partial charge in [-0.2, -0.15) is 0 Å². The topological polar surface area (TPSA) is 50.8 Å². The van der Waals surface area contributed by atoms with Crippen LogP contribution in [0.2, 0.25) is 0 Å². The zero-order chi connectivity index (χ0) is 15.6. The van der Waals surface area contributed by atoms with Crippen LogP contribution in [0.25, 0.3) is 0 Å². The largest absolute Gasteiger partial charge is 0.468 e. The van der Waals surface area contributed by atoms with E-state index in [0.717, 1.165) is 32.4 Å². The van der Waals surface area contributed by atoms with Crippen LogP contribution >= 0.6 is 0 Å². The molecule has 4 atom stereocenters. The molecule has 0 aromatic carbocycles. The van der Waals surface area contributed by atoms with Crippen LogP contribution in [0.5, 0.6) is 0 Å². The van der Waals surface area contributed by atoms with Crippen molar-refractivity contribution in [2.45, 2.75) is 76.8 Å². The van der Waals surface area contributed by atoms with Gasteiger partial charge in [0.2, 0.25) is 0 Å². The maximum Gasteiger partial charge on any atom is 0.326 e. The molecule has 2 rings (SSSR count). The molecule has 0 radical (unpaired) electrons. The lowest BCUT2D eigenvalue weighted by Crippen LogP contribution is -2.55. The molecule has 1 heterocycles. The van der Waals surface area contributed by atoms with Crippen molar-refractivity contribution in [1.82, 2.24) is 10.2 Å². The molecule has 5 nitrogen and oxygen atoms in total. The number of rotatable bonds is 4. The highest BCUT2D eigenvalue weighted by Crippen LogP contribution is 2.35. The molecular weight excluding hydrogens is 268 g/mol. The van der Waals surface area contributed by atoms with Gasteiger partial charge in [0.25, 0.3) is 0 Å². The second-order valence-corrected chi connectivity index (χ2v) is 6.98. The number of morpholine rings is 1. The van der Waals surface area contributed by atoms with Crippen molar-refractivity contribution in [3.05, 3.63) is 0 Å². The first-order valence-electron chi connectivity index (χ1n) is 8.12. The number of methoxy groups -OCH3 is 1. The fourth-order valence-corrected chi connectivity index (χ4v) is 3.97. The molecule has 2 unspecified atom stereocenters. The molecule has 0 amide bonds. The van der Waals surface area contributed by atoms with Gasteiger partial charge in [-0.3, -0.25) is 15.0 Å². The Morgan fingerprint density at radius 3 is 2.48 bits per heavy atom. The number of nitrogens with one attached hydrogen (secondary N) is 1. The van der Waals surface area contributed by atoms with E-state index >= 15 is 0 Å². The summed E-state index contributed by atoms with van der Waals surface area (Å²) in [6.07, 6.45) is 3.24. The fourth-order valence-electron chi connectivity index (χ4n) is 3.97. The number of esters is 1. The maximum atomic E-state index is 12.3. The van der Waals surface area contributed by atoms with E-state index in [1.807, 2.05) is 0 Å². The normalized spacial score (nSPS) is 37.9. The third-order valence-electron chi connectivity index (χ3n) is 4.59. The van der Waals surface area contributed by atoms with E-state index in [9.17, 15) is 4.79 Å². The van der Waals surface area contributed by atoms with E-state index in [-0.39, 0.29) is 24.2 Å². The van der Waals surface area contributed by atoms with Gasteiger partial charge in [-0.05, 0) is 47.0 Å². The quantitative estimate of drug-likeness (QED) is 0.798. The van der Waals surface area contributed by atoms with Crippen LogP contribution in [0.1, 0.15) is 47.0 Å². The summed E-state index contributed by atoms with van der Waals surface area (Å²) in [5, 5.41) is 3.46. The molecule has 5 heteroatoms. The van der Waals surface area contributed by atoms with Gasteiger partial charge in [-0.15, -0.1) is 0 Å². The van der Waals surface area contributed by atoms with Crippen LogP contribution in [0.15, 0.2) is 0 Å². The SMILES string of the molecule is COC(=O)C1(NC(C)C)CCC(N2C[C@@H](C)O[C@@H](C)C2)C1. The van der Waals surface area contributed by atoms with Crippen LogP contribution < -0.4 is 5.32 Å². The van der Waals surface area contributed by atoms with Gasteiger partial charge in [0.1, 0.15) is 5.54 Å². The molecule has 0 spiro atoms. The molecule has 0 aromatic rings. The van der Waals surface area contributed by atoms with Gasteiger partial charge in [0.05, 0.1) is 19.3 Å². The van der Waals surface area contributed by atoms with Crippen molar-refractivity contribution in [3.8, 4) is 0 Å². The molecule has 2 aliphatic rings. The van der Waals surface area contributed by atoms with Crippen molar-refractivity contribution in [3.63, 3.8) is 0 Å². The molecule has 1 aliphatic heterocycles. The summed E-state index contributed by atoms with van der Waals surface area (Å²) < 4.78 is 10.9. The molecule has 0 bridgehead atoms. The molecular formula is C16H30N2O3. The summed E-state index contributed by atoms with van der Waals surface area (Å²) in [6, 6.07) is 0.703. The Bertz CT molecular complexity index is 365. The van der Waals surface area contributed by atoms with Crippen LogP contribution in [0, 0.1) is 0 Å². The molecule has 122 valence electrons. The van der Waals surface area contributed by atoms with E-state index in [2.05, 4.69) is 37.9 Å². The van der Waals surface area contributed by atoms with E-state index in [1.165, 1.54) is 7.11 Å². The van der Waals surface area contributed by atoms with E-state index < -0.39 is 5.54 Å². The monoisotopic (exact) mass is 298 g/mol. The third-order valence-corrected chi connectivity index (χ3v) is 4.59. The van der Waals surface area contributed by atoms with Crippen LogP contribution in [0.4, 0.5) is 0 Å². The second-order valence-electron chi connectivity index (χ2n) is 6.98. The summed E-state index contributed by atoms with van der Waals surface area (Å²) in [5.74, 6) is -0.118. The molecule has 2 fully saturated rings. The summed E-state index contributed by atoms with van der Waals surface area (Å²) in [7, 11) is 1.48. The van der Waals surface area contributed by atoms with E-state index in [1.54, 1.807) is 0 Å². The standard InChI is InChI=1S/C16H30N2O3/c1-11(2)17-16(15(19)20-5)7-6-14(8-16)18-9-12(3)21-13(4)10-18/h11-14,17H,6-10H2,1-5H3/t12-,13+,14?,16?. The van der Waals surface area contributed by atoms with Crippen molar-refractivity contribution >= 4 is 5.97 Å². The number of hydrogen-bond donors (Lipinski definition) is 1. The minimum Gasteiger partial charge on any atom is -0.468 e. The molecule has 0 aromatic heterocycles. The smallest absolute Gasteiger partial charge is 0.326 e. The van der Waals surface area contributed by atoms with Gasteiger partial charge in [-0.1, -0.05) is 0 Å². The average molecular weight is 298 g/mol. The molecule has 1 N–H and O–H groups in total. The number of hydrogen-bond acceptors (Lipinski definition) is 5. The molecule has 1 aliphatic carbocycles. The first kappa shape index (κ1) is 16.7. The predicted molar refractivity (Wildman–Crippen MR) is 82.2 cm³/mol.